The van der Waals surface area contributed by atoms with E-state index in [9.17, 15) is 18.4 Å². The van der Waals surface area contributed by atoms with Crippen molar-refractivity contribution in [2.24, 2.45) is 5.41 Å². The molecule has 3 aliphatic carbocycles. The van der Waals surface area contributed by atoms with Gasteiger partial charge in [0.25, 0.3) is 11.5 Å². The van der Waals surface area contributed by atoms with Gasteiger partial charge in [0.15, 0.2) is 0 Å². The number of fused-ring (bicyclic) bond motifs is 1. The molecule has 0 unspecified atom stereocenters. The van der Waals surface area contributed by atoms with Gasteiger partial charge >= 0.3 is 0 Å². The number of nitrogens with one attached hydrogen (secondary N) is 2. The number of hydrogen-bond acceptors (Lipinski definition) is 6. The van der Waals surface area contributed by atoms with E-state index in [4.69, 9.17) is 0 Å². The summed E-state index contributed by atoms with van der Waals surface area (Å²) in [5.41, 5.74) is 0.896. The fraction of sp³-hybridized carbons (Fsp3) is 0.440. The van der Waals surface area contributed by atoms with Crippen molar-refractivity contribution in [3.63, 3.8) is 0 Å². The van der Waals surface area contributed by atoms with Crippen LogP contribution in [-0.4, -0.2) is 65.5 Å². The van der Waals surface area contributed by atoms with Crippen LogP contribution in [0.2, 0.25) is 0 Å². The Hall–Kier alpha value is -3.40. The molecule has 1 aliphatic heterocycles. The minimum Gasteiger partial charge on any atom is -0.365 e. The van der Waals surface area contributed by atoms with Gasteiger partial charge in [-0.05, 0) is 55.0 Å². The van der Waals surface area contributed by atoms with E-state index in [1.165, 1.54) is 19.2 Å². The summed E-state index contributed by atoms with van der Waals surface area (Å²) in [7, 11) is 1.49. The van der Waals surface area contributed by atoms with Gasteiger partial charge in [-0.2, -0.15) is 4.39 Å². The summed E-state index contributed by atoms with van der Waals surface area (Å²) in [6.45, 7) is 4.00. The van der Waals surface area contributed by atoms with Gasteiger partial charge in [-0.1, -0.05) is 0 Å². The quantitative estimate of drug-likeness (QED) is 0.544. The minimum absolute atomic E-state index is 0.0688. The lowest BCUT2D eigenvalue weighted by molar-refractivity contribution is -0.160. The molecule has 3 aromatic rings. The predicted molar refractivity (Wildman–Crippen MR) is 127 cm³/mol. The van der Waals surface area contributed by atoms with Crippen LogP contribution in [-0.2, 0) is 5.41 Å². The summed E-state index contributed by atoms with van der Waals surface area (Å²) >= 11 is 0. The number of carbonyl (C=O) groups excluding carboxylic acids is 1. The molecule has 0 atom stereocenters. The highest BCUT2D eigenvalue weighted by Gasteiger charge is 2.69. The number of H-pyrrole nitrogens is 1. The summed E-state index contributed by atoms with van der Waals surface area (Å²) in [5.74, 6) is -0.757. The zero-order valence-corrected chi connectivity index (χ0v) is 19.4. The van der Waals surface area contributed by atoms with Crippen molar-refractivity contribution < 1.29 is 13.6 Å². The molecule has 4 aliphatic rings. The number of benzene rings is 1. The van der Waals surface area contributed by atoms with Crippen LogP contribution in [0.15, 0.2) is 35.1 Å². The Kier molecular flexibility index (Phi) is 4.93. The fourth-order valence-electron chi connectivity index (χ4n) is 6.32. The molecule has 8 nitrogen and oxygen atoms in total. The first-order chi connectivity index (χ1) is 16.8. The highest BCUT2D eigenvalue weighted by molar-refractivity contribution is 5.92. The second-order valence-corrected chi connectivity index (χ2v) is 10.2. The van der Waals surface area contributed by atoms with Crippen LogP contribution in [0.25, 0.3) is 10.9 Å². The van der Waals surface area contributed by atoms with Crippen molar-refractivity contribution in [2.45, 2.75) is 24.7 Å². The van der Waals surface area contributed by atoms with Gasteiger partial charge in [0.05, 0.1) is 16.6 Å². The monoisotopic (exact) mass is 480 g/mol. The maximum Gasteiger partial charge on any atom is 0.269 e. The number of halogens is 2. The van der Waals surface area contributed by atoms with Crippen molar-refractivity contribution in [3.8, 4) is 0 Å². The van der Waals surface area contributed by atoms with Crippen LogP contribution in [0.1, 0.15) is 35.6 Å². The van der Waals surface area contributed by atoms with Crippen LogP contribution >= 0.6 is 0 Å². The average molecular weight is 481 g/mol. The van der Waals surface area contributed by atoms with Crippen LogP contribution < -0.4 is 15.8 Å². The predicted octanol–water partition coefficient (Wildman–Crippen LogP) is 2.20. The van der Waals surface area contributed by atoms with Gasteiger partial charge < -0.3 is 15.2 Å². The number of rotatable bonds is 5. The highest BCUT2D eigenvalue weighted by Crippen LogP contribution is 2.73. The number of amides is 1. The zero-order chi connectivity index (χ0) is 24.4. The Labute approximate surface area is 200 Å². The molecule has 2 aromatic heterocycles. The molecule has 1 aromatic carbocycles. The van der Waals surface area contributed by atoms with Crippen molar-refractivity contribution in [2.75, 3.05) is 44.7 Å². The Morgan fingerprint density at radius 2 is 1.83 bits per heavy atom. The largest absolute Gasteiger partial charge is 0.365 e. The summed E-state index contributed by atoms with van der Waals surface area (Å²) < 4.78 is 28.0. The summed E-state index contributed by atoms with van der Waals surface area (Å²) in [4.78, 5) is 39.9. The van der Waals surface area contributed by atoms with Crippen LogP contribution in [0.4, 0.5) is 14.5 Å². The van der Waals surface area contributed by atoms with Crippen molar-refractivity contribution in [3.05, 3.63) is 64.0 Å². The third kappa shape index (κ3) is 3.58. The summed E-state index contributed by atoms with van der Waals surface area (Å²) in [6.07, 6.45) is 2.94. The lowest BCUT2D eigenvalue weighted by atomic mass is 9.34. The molecule has 4 fully saturated rings. The molecule has 1 amide bonds. The standard InChI is InChI=1S/C25H26F2N6O2/c1-28-22(35)18-4-5-19(20(27)29-18)33-8-6-32(7-9-33)14-24-11-25(12-24,13-24)23-30-17-3-2-15(26)10-16(17)21(34)31-23/h2-5,10H,6-9,11-14H2,1H3,(H,28,35)(H,30,31,34). The van der Waals surface area contributed by atoms with E-state index in [0.29, 0.717) is 24.3 Å². The molecule has 3 saturated carbocycles. The maximum atomic E-state index is 14.5. The average Bonchev–Trinajstić information content (AvgIpc) is 2.80. The summed E-state index contributed by atoms with van der Waals surface area (Å²) in [6, 6.07) is 7.30. The van der Waals surface area contributed by atoms with Crippen molar-refractivity contribution in [1.29, 1.82) is 0 Å². The molecule has 35 heavy (non-hydrogen) atoms. The first kappa shape index (κ1) is 22.1. The molecule has 0 spiro atoms. The number of carbonyl (C=O) groups is 1. The van der Waals surface area contributed by atoms with E-state index in [0.717, 1.165) is 44.7 Å². The Morgan fingerprint density at radius 3 is 2.51 bits per heavy atom. The van der Waals surface area contributed by atoms with Gasteiger partial charge in [-0.3, -0.25) is 14.5 Å². The first-order valence-electron chi connectivity index (χ1n) is 11.9. The van der Waals surface area contributed by atoms with E-state index in [-0.39, 0.29) is 27.5 Å². The van der Waals surface area contributed by atoms with Crippen molar-refractivity contribution >= 4 is 22.5 Å². The molecule has 3 heterocycles. The van der Waals surface area contributed by atoms with E-state index in [1.807, 2.05) is 4.90 Å². The lowest BCUT2D eigenvalue weighted by Crippen LogP contribution is -2.69. The molecule has 7 rings (SSSR count). The Bertz CT molecular complexity index is 1380. The van der Waals surface area contributed by atoms with Gasteiger partial charge in [-0.15, -0.1) is 0 Å². The number of piperazine rings is 1. The number of aromatic nitrogens is 3. The van der Waals surface area contributed by atoms with Crippen LogP contribution in [0.3, 0.4) is 0 Å². The third-order valence-electron chi connectivity index (χ3n) is 7.87. The molecular weight excluding hydrogens is 454 g/mol. The number of anilines is 1. The van der Waals surface area contributed by atoms with Crippen molar-refractivity contribution in [1.82, 2.24) is 25.2 Å². The van der Waals surface area contributed by atoms with E-state index < -0.39 is 17.7 Å². The Balaban J connectivity index is 1.07. The summed E-state index contributed by atoms with van der Waals surface area (Å²) in [5, 5.41) is 2.73. The van der Waals surface area contributed by atoms with Gasteiger partial charge in [0, 0.05) is 45.2 Å². The molecular formula is C25H26F2N6O2. The highest BCUT2D eigenvalue weighted by atomic mass is 19.1. The van der Waals surface area contributed by atoms with E-state index in [2.05, 4.69) is 25.2 Å². The number of pyridine rings is 1. The smallest absolute Gasteiger partial charge is 0.269 e. The third-order valence-corrected chi connectivity index (χ3v) is 7.87. The fourth-order valence-corrected chi connectivity index (χ4v) is 6.32. The Morgan fingerprint density at radius 1 is 1.09 bits per heavy atom. The molecule has 10 heteroatoms. The SMILES string of the molecule is CNC(=O)c1ccc(N2CCN(CC34CC(c5nc6ccc(F)cc6c(=O)[nH]5)(C3)C4)CC2)c(F)n1. The second-order valence-electron chi connectivity index (χ2n) is 10.2. The van der Waals surface area contributed by atoms with Crippen LogP contribution in [0.5, 0.6) is 0 Å². The normalized spacial score (nSPS) is 25.7. The van der Waals surface area contributed by atoms with Gasteiger partial charge in [0.1, 0.15) is 17.3 Å². The van der Waals surface area contributed by atoms with E-state index in [1.54, 1.807) is 18.2 Å². The molecule has 0 radical (unpaired) electrons. The topological polar surface area (TPSA) is 94.2 Å². The van der Waals surface area contributed by atoms with E-state index >= 15 is 0 Å². The molecule has 2 bridgehead atoms. The number of aromatic amines is 1. The lowest BCUT2D eigenvalue weighted by Gasteiger charge is -2.71. The van der Waals surface area contributed by atoms with Crippen LogP contribution in [0, 0.1) is 17.2 Å². The number of hydrogen-bond donors (Lipinski definition) is 2. The maximum absolute atomic E-state index is 14.5. The molecule has 182 valence electrons. The first-order valence-corrected chi connectivity index (χ1v) is 11.9. The van der Waals surface area contributed by atoms with Gasteiger partial charge in [-0.25, -0.2) is 14.4 Å². The van der Waals surface area contributed by atoms with Gasteiger partial charge in [0.2, 0.25) is 5.95 Å². The minimum atomic E-state index is -0.625. The molecule has 1 saturated heterocycles. The molecule has 2 N–H and O–H groups in total. The second kappa shape index (κ2) is 7.81. The zero-order valence-electron chi connectivity index (χ0n) is 19.4. The number of nitrogens with zero attached hydrogens (tertiary/aromatic N) is 4.